The van der Waals surface area contributed by atoms with Crippen molar-refractivity contribution in [3.8, 4) is 0 Å². The SMILES string of the molecule is CCc1csc(NC(=O)c2nc[nH]c2C)n1. The minimum absolute atomic E-state index is 0.226. The number of hydrogen-bond acceptors (Lipinski definition) is 4. The van der Waals surface area contributed by atoms with E-state index in [0.717, 1.165) is 17.8 Å². The quantitative estimate of drug-likeness (QED) is 0.856. The second-order valence-corrected chi connectivity index (χ2v) is 4.19. The van der Waals surface area contributed by atoms with Crippen LogP contribution in [0.3, 0.4) is 0 Å². The highest BCUT2D eigenvalue weighted by Gasteiger charge is 2.13. The molecule has 0 radical (unpaired) electrons. The molecule has 0 saturated heterocycles. The van der Waals surface area contributed by atoms with Crippen molar-refractivity contribution < 1.29 is 4.79 Å². The van der Waals surface area contributed by atoms with Gasteiger partial charge < -0.3 is 4.98 Å². The van der Waals surface area contributed by atoms with Crippen molar-refractivity contribution in [1.82, 2.24) is 15.0 Å². The fourth-order valence-electron chi connectivity index (χ4n) is 1.27. The van der Waals surface area contributed by atoms with Crippen LogP contribution >= 0.6 is 11.3 Å². The third-order valence-electron chi connectivity index (χ3n) is 2.18. The number of anilines is 1. The van der Waals surface area contributed by atoms with Gasteiger partial charge in [-0.25, -0.2) is 9.97 Å². The first-order valence-electron chi connectivity index (χ1n) is 4.96. The van der Waals surface area contributed by atoms with E-state index in [0.29, 0.717) is 10.8 Å². The normalized spacial score (nSPS) is 10.4. The van der Waals surface area contributed by atoms with Gasteiger partial charge in [0.15, 0.2) is 5.13 Å². The number of imidazole rings is 1. The molecular formula is C10H12N4OS. The molecule has 2 N–H and O–H groups in total. The van der Waals surface area contributed by atoms with Crippen LogP contribution in [0.5, 0.6) is 0 Å². The monoisotopic (exact) mass is 236 g/mol. The largest absolute Gasteiger partial charge is 0.348 e. The Kier molecular flexibility index (Phi) is 3.00. The van der Waals surface area contributed by atoms with Crippen LogP contribution in [0.2, 0.25) is 0 Å². The summed E-state index contributed by atoms with van der Waals surface area (Å²) in [7, 11) is 0. The Morgan fingerprint density at radius 3 is 3.00 bits per heavy atom. The Balaban J connectivity index is 2.11. The molecule has 5 nitrogen and oxygen atoms in total. The van der Waals surface area contributed by atoms with Gasteiger partial charge in [0.05, 0.1) is 12.0 Å². The number of aromatic amines is 1. The molecule has 6 heteroatoms. The minimum atomic E-state index is -0.226. The van der Waals surface area contributed by atoms with E-state index in [1.54, 1.807) is 6.92 Å². The number of aryl methyl sites for hydroxylation is 2. The first-order chi connectivity index (χ1) is 7.70. The molecule has 0 unspecified atom stereocenters. The van der Waals surface area contributed by atoms with E-state index in [1.165, 1.54) is 17.7 Å². The van der Waals surface area contributed by atoms with Gasteiger partial charge in [0.1, 0.15) is 5.69 Å². The maximum absolute atomic E-state index is 11.8. The van der Waals surface area contributed by atoms with Crippen molar-refractivity contribution in [3.05, 3.63) is 28.8 Å². The molecule has 2 aromatic heterocycles. The fourth-order valence-corrected chi connectivity index (χ4v) is 2.06. The average molecular weight is 236 g/mol. The van der Waals surface area contributed by atoms with Crippen LogP contribution in [0.4, 0.5) is 5.13 Å². The van der Waals surface area contributed by atoms with Crippen LogP contribution in [-0.2, 0) is 6.42 Å². The topological polar surface area (TPSA) is 70.7 Å². The highest BCUT2D eigenvalue weighted by Crippen LogP contribution is 2.16. The molecule has 16 heavy (non-hydrogen) atoms. The van der Waals surface area contributed by atoms with E-state index in [4.69, 9.17) is 0 Å². The van der Waals surface area contributed by atoms with Gasteiger partial charge in [-0.2, -0.15) is 0 Å². The highest BCUT2D eigenvalue weighted by atomic mass is 32.1. The van der Waals surface area contributed by atoms with Crippen LogP contribution in [0.1, 0.15) is 28.8 Å². The molecule has 0 saturated carbocycles. The second-order valence-electron chi connectivity index (χ2n) is 3.33. The number of amides is 1. The van der Waals surface area contributed by atoms with Crippen molar-refractivity contribution >= 4 is 22.4 Å². The zero-order chi connectivity index (χ0) is 11.5. The molecule has 0 aliphatic carbocycles. The molecule has 0 bridgehead atoms. The summed E-state index contributed by atoms with van der Waals surface area (Å²) in [6.45, 7) is 3.83. The van der Waals surface area contributed by atoms with Crippen LogP contribution < -0.4 is 5.32 Å². The number of hydrogen-bond donors (Lipinski definition) is 2. The van der Waals surface area contributed by atoms with E-state index in [1.807, 2.05) is 12.3 Å². The van der Waals surface area contributed by atoms with Gasteiger partial charge >= 0.3 is 0 Å². The van der Waals surface area contributed by atoms with Crippen LogP contribution in [0, 0.1) is 6.92 Å². The maximum Gasteiger partial charge on any atom is 0.277 e. The van der Waals surface area contributed by atoms with E-state index >= 15 is 0 Å². The van der Waals surface area contributed by atoms with Crippen molar-refractivity contribution in [3.63, 3.8) is 0 Å². The summed E-state index contributed by atoms with van der Waals surface area (Å²) in [5, 5.41) is 5.28. The van der Waals surface area contributed by atoms with Gasteiger partial charge in [-0.3, -0.25) is 10.1 Å². The molecule has 0 aromatic carbocycles. The van der Waals surface area contributed by atoms with Crippen molar-refractivity contribution in [2.75, 3.05) is 5.32 Å². The Hall–Kier alpha value is -1.69. The fraction of sp³-hybridized carbons (Fsp3) is 0.300. The smallest absolute Gasteiger partial charge is 0.277 e. The van der Waals surface area contributed by atoms with E-state index in [-0.39, 0.29) is 5.91 Å². The molecule has 0 fully saturated rings. The number of aromatic nitrogens is 3. The maximum atomic E-state index is 11.8. The number of carbonyl (C=O) groups excluding carboxylic acids is 1. The Morgan fingerprint density at radius 1 is 1.62 bits per heavy atom. The number of thiazole rings is 1. The lowest BCUT2D eigenvalue weighted by molar-refractivity contribution is 0.102. The predicted octanol–water partition coefficient (Wildman–Crippen LogP) is 1.99. The molecular weight excluding hydrogens is 224 g/mol. The standard InChI is InChI=1S/C10H12N4OS/c1-3-7-4-16-10(13-7)14-9(15)8-6(2)11-5-12-8/h4-5H,3H2,1-2H3,(H,11,12)(H,13,14,15). The average Bonchev–Trinajstić information content (AvgIpc) is 2.86. The van der Waals surface area contributed by atoms with Gasteiger partial charge in [-0.1, -0.05) is 6.92 Å². The molecule has 1 amide bonds. The summed E-state index contributed by atoms with van der Waals surface area (Å²) in [5.41, 5.74) is 2.15. The summed E-state index contributed by atoms with van der Waals surface area (Å²) in [5.74, 6) is -0.226. The third kappa shape index (κ3) is 2.11. The summed E-state index contributed by atoms with van der Waals surface area (Å²) >= 11 is 1.42. The molecule has 84 valence electrons. The lowest BCUT2D eigenvalue weighted by Crippen LogP contribution is -2.13. The Bertz CT molecular complexity index is 502. The van der Waals surface area contributed by atoms with Crippen LogP contribution in [0.25, 0.3) is 0 Å². The van der Waals surface area contributed by atoms with Gasteiger partial charge in [0.2, 0.25) is 0 Å². The number of rotatable bonds is 3. The number of H-pyrrole nitrogens is 1. The second kappa shape index (κ2) is 4.44. The predicted molar refractivity (Wildman–Crippen MR) is 62.8 cm³/mol. The summed E-state index contributed by atoms with van der Waals surface area (Å²) in [6.07, 6.45) is 2.37. The minimum Gasteiger partial charge on any atom is -0.348 e. The summed E-state index contributed by atoms with van der Waals surface area (Å²) < 4.78 is 0. The zero-order valence-corrected chi connectivity index (χ0v) is 9.89. The number of nitrogens with one attached hydrogen (secondary N) is 2. The van der Waals surface area contributed by atoms with Crippen LogP contribution in [0.15, 0.2) is 11.7 Å². The van der Waals surface area contributed by atoms with Gasteiger partial charge in [-0.05, 0) is 13.3 Å². The summed E-state index contributed by atoms with van der Waals surface area (Å²) in [6, 6.07) is 0. The summed E-state index contributed by atoms with van der Waals surface area (Å²) in [4.78, 5) is 22.8. The van der Waals surface area contributed by atoms with Gasteiger partial charge in [0.25, 0.3) is 5.91 Å². The Labute approximate surface area is 96.9 Å². The van der Waals surface area contributed by atoms with E-state index < -0.39 is 0 Å². The van der Waals surface area contributed by atoms with Crippen molar-refractivity contribution in [2.24, 2.45) is 0 Å². The van der Waals surface area contributed by atoms with Crippen molar-refractivity contribution in [2.45, 2.75) is 20.3 Å². The molecule has 2 aromatic rings. The van der Waals surface area contributed by atoms with E-state index in [9.17, 15) is 4.79 Å². The van der Waals surface area contributed by atoms with Crippen molar-refractivity contribution in [1.29, 1.82) is 0 Å². The first kappa shape index (κ1) is 10.8. The molecule has 2 heterocycles. The molecule has 0 atom stereocenters. The number of carbonyl (C=O) groups is 1. The van der Waals surface area contributed by atoms with E-state index in [2.05, 4.69) is 20.3 Å². The third-order valence-corrected chi connectivity index (χ3v) is 2.99. The lowest BCUT2D eigenvalue weighted by atomic mass is 10.3. The molecule has 2 rings (SSSR count). The highest BCUT2D eigenvalue weighted by molar-refractivity contribution is 7.13. The van der Waals surface area contributed by atoms with Crippen LogP contribution in [-0.4, -0.2) is 20.9 Å². The molecule has 0 aliphatic rings. The molecule has 0 aliphatic heterocycles. The van der Waals surface area contributed by atoms with Gasteiger partial charge in [0, 0.05) is 11.1 Å². The Morgan fingerprint density at radius 2 is 2.44 bits per heavy atom. The van der Waals surface area contributed by atoms with Gasteiger partial charge in [-0.15, -0.1) is 11.3 Å². The first-order valence-corrected chi connectivity index (χ1v) is 5.84. The zero-order valence-electron chi connectivity index (χ0n) is 9.07. The number of nitrogens with zero attached hydrogens (tertiary/aromatic N) is 2. The molecule has 0 spiro atoms. The lowest BCUT2D eigenvalue weighted by Gasteiger charge is -1.98.